The summed E-state index contributed by atoms with van der Waals surface area (Å²) in [6.45, 7) is 5.30. The van der Waals surface area contributed by atoms with Gasteiger partial charge < -0.3 is 13.8 Å². The molecule has 10 heteroatoms. The van der Waals surface area contributed by atoms with Crippen molar-refractivity contribution in [2.24, 2.45) is 5.92 Å². The number of aromatic nitrogens is 8. The maximum atomic E-state index is 6.54. The molecule has 2 N–H and O–H groups in total. The van der Waals surface area contributed by atoms with Crippen LogP contribution in [0.2, 0.25) is 0 Å². The minimum absolute atomic E-state index is 0.580. The first-order valence-corrected chi connectivity index (χ1v) is 18.8. The number of fused-ring (bicyclic) bond motifs is 20. The number of nitrogens with zero attached hydrogens (tertiary/aromatic N) is 6. The molecule has 2 aliphatic heterocycles. The number of benzene rings is 4. The molecular formula is C40H35AlN8O. The van der Waals surface area contributed by atoms with Gasteiger partial charge >= 0.3 is 15.6 Å². The fourth-order valence-corrected chi connectivity index (χ4v) is 8.52. The smallest absolute Gasteiger partial charge is 0.478 e. The lowest BCUT2D eigenvalue weighted by atomic mass is 10.0. The van der Waals surface area contributed by atoms with Gasteiger partial charge in [-0.2, -0.15) is 0 Å². The molecule has 1 atom stereocenters. The first-order valence-electron chi connectivity index (χ1n) is 17.5. The summed E-state index contributed by atoms with van der Waals surface area (Å²) in [6.07, 6.45) is 4.78. The van der Waals surface area contributed by atoms with E-state index in [1.807, 2.05) is 42.5 Å². The lowest BCUT2D eigenvalue weighted by molar-refractivity contribution is 0.246. The van der Waals surface area contributed by atoms with E-state index in [1.165, 1.54) is 23.7 Å². The van der Waals surface area contributed by atoms with Gasteiger partial charge in [0.1, 0.15) is 22.6 Å². The summed E-state index contributed by atoms with van der Waals surface area (Å²) in [5.41, 5.74) is 6.48. The Bertz CT molecular complexity index is 2590. The molecule has 0 saturated heterocycles. The molecule has 0 amide bonds. The highest BCUT2D eigenvalue weighted by Crippen LogP contribution is 2.36. The van der Waals surface area contributed by atoms with E-state index in [-0.39, 0.29) is 0 Å². The first kappa shape index (κ1) is 30.8. The number of hydrogen-bond donors (Lipinski definition) is 2. The van der Waals surface area contributed by atoms with Crippen molar-refractivity contribution in [3.63, 3.8) is 0 Å². The number of H-pyrrole nitrogens is 2. The fraction of sp³-hybridized carbons (Fsp3) is 0.200. The molecule has 4 aromatic carbocycles. The third-order valence-electron chi connectivity index (χ3n) is 9.82. The van der Waals surface area contributed by atoms with Gasteiger partial charge in [-0.3, -0.25) is 0 Å². The second-order valence-corrected chi connectivity index (χ2v) is 14.5. The van der Waals surface area contributed by atoms with Gasteiger partial charge in [-0.1, -0.05) is 129 Å². The van der Waals surface area contributed by atoms with E-state index in [0.29, 0.717) is 51.8 Å². The maximum Gasteiger partial charge on any atom is 0.478 e. The summed E-state index contributed by atoms with van der Waals surface area (Å²) in [7, 11) is 0. The standard InChI is InChI=1S/C32H17N8.C8H17O.Al.H/c1-2-10-18-17(9-1)25-33-26(18)38-28-21-13-5-6-14-22(21)30(35-28)40-32-24-16-8-7-15-23(24)31(36-32)39-29-20-12-4-3-11-19(20)27(34-29)37-25;1-3-5-6-8(4-2)7-9;;/h1-15H,(H2,33,34,35,36,37,38,39,40);8H,3-7H2,1-2H3;;/q;-1;+1;. The summed E-state index contributed by atoms with van der Waals surface area (Å²) in [5, 5.41) is 3.91. The number of unbranched alkanes of at least 4 members (excludes halogenated alkanes) is 1. The Labute approximate surface area is 295 Å². The number of rotatable bonds is 8. The van der Waals surface area contributed by atoms with E-state index >= 15 is 0 Å². The zero-order chi connectivity index (χ0) is 33.6. The quantitative estimate of drug-likeness (QED) is 0.157. The van der Waals surface area contributed by atoms with Crippen LogP contribution >= 0.6 is 0 Å². The molecule has 7 aromatic rings. The van der Waals surface area contributed by atoms with Gasteiger partial charge in [0.15, 0.2) is 23.3 Å². The molecular weight excluding hydrogens is 635 g/mol. The van der Waals surface area contributed by atoms with Crippen LogP contribution in [-0.4, -0.2) is 62.0 Å². The Morgan fingerprint density at radius 3 is 1.58 bits per heavy atom. The molecule has 9 rings (SSSR count). The van der Waals surface area contributed by atoms with Crippen LogP contribution in [0.4, 0.5) is 0 Å². The van der Waals surface area contributed by atoms with Gasteiger partial charge in [-0.25, -0.2) is 29.9 Å². The third-order valence-corrected chi connectivity index (χ3v) is 11.2. The summed E-state index contributed by atoms with van der Waals surface area (Å²) in [5.74, 6) is 2.97. The fourth-order valence-electron chi connectivity index (χ4n) is 7.12. The van der Waals surface area contributed by atoms with Crippen LogP contribution in [0.3, 0.4) is 0 Å². The maximum absolute atomic E-state index is 6.54. The molecule has 8 bridgehead atoms. The van der Waals surface area contributed by atoms with Crippen LogP contribution in [-0.2, 0) is 3.79 Å². The van der Waals surface area contributed by atoms with Gasteiger partial charge in [-0.15, -0.1) is 0 Å². The van der Waals surface area contributed by atoms with E-state index in [4.69, 9.17) is 33.7 Å². The van der Waals surface area contributed by atoms with Crippen LogP contribution in [0.5, 0.6) is 0 Å². The van der Waals surface area contributed by atoms with Gasteiger partial charge in [0.2, 0.25) is 0 Å². The first-order chi connectivity index (χ1) is 24.7. The second-order valence-electron chi connectivity index (χ2n) is 13.0. The average molecular weight is 671 g/mol. The predicted octanol–water partition coefficient (Wildman–Crippen LogP) is 8.08. The van der Waals surface area contributed by atoms with Crippen molar-refractivity contribution in [3.8, 4) is 45.6 Å². The van der Waals surface area contributed by atoms with Gasteiger partial charge in [-0.05, 0) is 12.3 Å². The molecule has 1 unspecified atom stereocenters. The average Bonchev–Trinajstić information content (AvgIpc) is 3.89. The highest BCUT2D eigenvalue weighted by atomic mass is 27.1. The van der Waals surface area contributed by atoms with Crippen molar-refractivity contribution in [3.05, 3.63) is 91.0 Å². The van der Waals surface area contributed by atoms with Crippen LogP contribution in [0, 0.1) is 5.92 Å². The molecule has 0 radical (unpaired) electrons. The number of hydrogen-bond acceptors (Lipinski definition) is 7. The molecule has 0 fully saturated rings. The van der Waals surface area contributed by atoms with E-state index in [9.17, 15) is 0 Å². The molecule has 2 aliphatic rings. The van der Waals surface area contributed by atoms with Crippen molar-refractivity contribution in [2.75, 3.05) is 6.61 Å². The second kappa shape index (κ2) is 12.9. The normalized spacial score (nSPS) is 12.6. The van der Waals surface area contributed by atoms with Crippen molar-refractivity contribution in [1.29, 1.82) is 0 Å². The lowest BCUT2D eigenvalue weighted by Crippen LogP contribution is -2.21. The highest BCUT2D eigenvalue weighted by molar-refractivity contribution is 6.52. The largest absolute Gasteiger partial charge is 0.500 e. The molecule has 0 saturated carbocycles. The Balaban J connectivity index is 1.33. The molecule has 244 valence electrons. The third kappa shape index (κ3) is 5.37. The molecule has 3 aromatic heterocycles. The Morgan fingerprint density at radius 2 is 1.04 bits per heavy atom. The SMILES string of the molecule is CCCCC(CC)C[O][AlH][c]1cccc2c3nc4nc(nc5[nH]c(nc6nc(nc([nH]3)c12)-c1ccccc1-6)c1ccccc51)-c1ccccc1-4. The van der Waals surface area contributed by atoms with E-state index < -0.39 is 15.6 Å². The van der Waals surface area contributed by atoms with Gasteiger partial charge in [0.25, 0.3) is 0 Å². The minimum Gasteiger partial charge on any atom is -0.500 e. The number of nitrogens with one attached hydrogen (secondary N) is 2. The van der Waals surface area contributed by atoms with Gasteiger partial charge in [0.05, 0.1) is 0 Å². The lowest BCUT2D eigenvalue weighted by Gasteiger charge is -2.15. The molecule has 5 heterocycles. The summed E-state index contributed by atoms with van der Waals surface area (Å²) in [6, 6.07) is 30.8. The zero-order valence-corrected chi connectivity index (χ0v) is 29.5. The zero-order valence-electron chi connectivity index (χ0n) is 28.1. The Hall–Kier alpha value is -5.27. The van der Waals surface area contributed by atoms with Crippen LogP contribution < -0.4 is 4.43 Å². The van der Waals surface area contributed by atoms with Crippen molar-refractivity contribution in [2.45, 2.75) is 39.5 Å². The van der Waals surface area contributed by atoms with Crippen molar-refractivity contribution in [1.82, 2.24) is 39.9 Å². The van der Waals surface area contributed by atoms with Crippen LogP contribution in [0.15, 0.2) is 91.0 Å². The van der Waals surface area contributed by atoms with Gasteiger partial charge in [0, 0.05) is 50.4 Å². The highest BCUT2D eigenvalue weighted by Gasteiger charge is 2.22. The van der Waals surface area contributed by atoms with E-state index in [1.54, 1.807) is 0 Å². The van der Waals surface area contributed by atoms with Crippen molar-refractivity contribution < 1.29 is 3.79 Å². The minimum atomic E-state index is -1.08. The molecule has 50 heavy (non-hydrogen) atoms. The Morgan fingerprint density at radius 1 is 0.560 bits per heavy atom. The Kier molecular flexibility index (Phi) is 7.93. The predicted molar refractivity (Wildman–Crippen MR) is 202 cm³/mol. The van der Waals surface area contributed by atoms with Crippen LogP contribution in [0.1, 0.15) is 39.5 Å². The summed E-state index contributed by atoms with van der Waals surface area (Å²) < 4.78 is 7.73. The topological polar surface area (TPSA) is 118 Å². The molecule has 9 nitrogen and oxygen atoms in total. The number of aromatic amines is 2. The monoisotopic (exact) mass is 670 g/mol. The van der Waals surface area contributed by atoms with E-state index in [2.05, 4.69) is 72.3 Å². The van der Waals surface area contributed by atoms with Crippen molar-refractivity contribution >= 4 is 64.1 Å². The van der Waals surface area contributed by atoms with E-state index in [0.717, 1.165) is 56.8 Å². The summed E-state index contributed by atoms with van der Waals surface area (Å²) in [4.78, 5) is 37.8. The molecule has 0 spiro atoms. The summed E-state index contributed by atoms with van der Waals surface area (Å²) >= 11 is -1.08. The molecule has 0 aliphatic carbocycles. The van der Waals surface area contributed by atoms with Crippen LogP contribution in [0.25, 0.3) is 89.7 Å².